The molecule has 16 heavy (non-hydrogen) atoms. The highest BCUT2D eigenvalue weighted by atomic mass is 15.1. The number of aromatic nitrogens is 2. The first kappa shape index (κ1) is 10.9. The van der Waals surface area contributed by atoms with Crippen molar-refractivity contribution in [1.82, 2.24) is 15.5 Å². The van der Waals surface area contributed by atoms with Gasteiger partial charge in [0.25, 0.3) is 0 Å². The lowest BCUT2D eigenvalue weighted by molar-refractivity contribution is 0.693. The molecule has 0 radical (unpaired) electrons. The van der Waals surface area contributed by atoms with Gasteiger partial charge in [-0.2, -0.15) is 5.10 Å². The van der Waals surface area contributed by atoms with Crippen LogP contribution in [0.15, 0.2) is 30.6 Å². The summed E-state index contributed by atoms with van der Waals surface area (Å²) in [5, 5.41) is 10.1. The molecule has 3 heteroatoms. The second-order valence-electron chi connectivity index (χ2n) is 4.13. The number of nitrogens with zero attached hydrogens (tertiary/aromatic N) is 1. The molecule has 2 N–H and O–H groups in total. The Morgan fingerprint density at radius 3 is 2.62 bits per heavy atom. The van der Waals surface area contributed by atoms with Crippen LogP contribution >= 0.6 is 0 Å². The molecular formula is C13H17N3. The van der Waals surface area contributed by atoms with Crippen molar-refractivity contribution in [3.8, 4) is 0 Å². The van der Waals surface area contributed by atoms with Crippen LogP contribution in [-0.2, 0) is 13.1 Å². The SMILES string of the molecule is Cc1ccc(CNCc2cn[nH]c2)cc1C. The summed E-state index contributed by atoms with van der Waals surface area (Å²) in [6.07, 6.45) is 3.75. The lowest BCUT2D eigenvalue weighted by Gasteiger charge is -2.06. The smallest absolute Gasteiger partial charge is 0.0532 e. The molecule has 0 fully saturated rings. The van der Waals surface area contributed by atoms with Crippen LogP contribution in [0.1, 0.15) is 22.3 Å². The van der Waals surface area contributed by atoms with E-state index in [9.17, 15) is 0 Å². The van der Waals surface area contributed by atoms with Gasteiger partial charge in [0.1, 0.15) is 0 Å². The summed E-state index contributed by atoms with van der Waals surface area (Å²) in [5.74, 6) is 0. The molecule has 0 aliphatic rings. The first-order chi connectivity index (χ1) is 7.75. The maximum Gasteiger partial charge on any atom is 0.0532 e. The van der Waals surface area contributed by atoms with Gasteiger partial charge in [0, 0.05) is 24.8 Å². The van der Waals surface area contributed by atoms with Gasteiger partial charge in [0.05, 0.1) is 6.20 Å². The monoisotopic (exact) mass is 215 g/mol. The van der Waals surface area contributed by atoms with E-state index in [1.54, 1.807) is 0 Å². The fourth-order valence-electron chi connectivity index (χ4n) is 1.64. The van der Waals surface area contributed by atoms with E-state index >= 15 is 0 Å². The van der Waals surface area contributed by atoms with Crippen molar-refractivity contribution in [2.75, 3.05) is 0 Å². The topological polar surface area (TPSA) is 40.7 Å². The van der Waals surface area contributed by atoms with Crippen LogP contribution in [0.25, 0.3) is 0 Å². The molecule has 0 unspecified atom stereocenters. The minimum absolute atomic E-state index is 0.851. The summed E-state index contributed by atoms with van der Waals surface area (Å²) in [6.45, 7) is 6.03. The summed E-state index contributed by atoms with van der Waals surface area (Å²) >= 11 is 0. The molecule has 1 aromatic heterocycles. The van der Waals surface area contributed by atoms with Crippen LogP contribution in [0, 0.1) is 13.8 Å². The van der Waals surface area contributed by atoms with Gasteiger partial charge in [-0.05, 0) is 30.5 Å². The second kappa shape index (κ2) is 4.94. The van der Waals surface area contributed by atoms with Crippen LogP contribution in [0.4, 0.5) is 0 Å². The molecule has 0 spiro atoms. The molecule has 2 rings (SSSR count). The van der Waals surface area contributed by atoms with E-state index in [1.165, 1.54) is 22.3 Å². The first-order valence-electron chi connectivity index (χ1n) is 5.50. The van der Waals surface area contributed by atoms with Crippen molar-refractivity contribution in [2.24, 2.45) is 0 Å². The van der Waals surface area contributed by atoms with Gasteiger partial charge in [-0.1, -0.05) is 18.2 Å². The minimum atomic E-state index is 0.851. The third kappa shape index (κ3) is 2.70. The van der Waals surface area contributed by atoms with E-state index in [0.29, 0.717) is 0 Å². The molecule has 2 aromatic rings. The number of nitrogens with one attached hydrogen (secondary N) is 2. The van der Waals surface area contributed by atoms with Crippen molar-refractivity contribution in [1.29, 1.82) is 0 Å². The molecule has 0 bridgehead atoms. The van der Waals surface area contributed by atoms with Crippen LogP contribution in [-0.4, -0.2) is 10.2 Å². The zero-order chi connectivity index (χ0) is 11.4. The highest BCUT2D eigenvalue weighted by molar-refractivity contribution is 5.29. The van der Waals surface area contributed by atoms with Crippen molar-refractivity contribution in [3.05, 3.63) is 52.8 Å². The Balaban J connectivity index is 1.87. The number of aromatic amines is 1. The lowest BCUT2D eigenvalue weighted by atomic mass is 10.1. The van der Waals surface area contributed by atoms with Gasteiger partial charge < -0.3 is 5.32 Å². The minimum Gasteiger partial charge on any atom is -0.309 e. The Kier molecular flexibility index (Phi) is 3.37. The normalized spacial score (nSPS) is 10.6. The maximum atomic E-state index is 3.91. The number of hydrogen-bond acceptors (Lipinski definition) is 2. The van der Waals surface area contributed by atoms with Crippen molar-refractivity contribution >= 4 is 0 Å². The molecule has 0 aliphatic heterocycles. The number of hydrogen-bond donors (Lipinski definition) is 2. The standard InChI is InChI=1S/C13H17N3/c1-10-3-4-12(5-11(10)2)6-14-7-13-8-15-16-9-13/h3-5,8-9,14H,6-7H2,1-2H3,(H,15,16). The van der Waals surface area contributed by atoms with E-state index in [2.05, 4.69) is 47.6 Å². The average Bonchev–Trinajstić information content (AvgIpc) is 2.76. The molecule has 0 aliphatic carbocycles. The van der Waals surface area contributed by atoms with Crippen LogP contribution < -0.4 is 5.32 Å². The third-order valence-corrected chi connectivity index (χ3v) is 2.78. The summed E-state index contributed by atoms with van der Waals surface area (Å²) in [7, 11) is 0. The largest absolute Gasteiger partial charge is 0.309 e. The predicted molar refractivity (Wildman–Crippen MR) is 65.0 cm³/mol. The maximum absolute atomic E-state index is 3.91. The van der Waals surface area contributed by atoms with Crippen LogP contribution in [0.3, 0.4) is 0 Å². The van der Waals surface area contributed by atoms with E-state index < -0.39 is 0 Å². The number of aryl methyl sites for hydroxylation is 2. The Morgan fingerprint density at radius 2 is 1.94 bits per heavy atom. The molecule has 0 amide bonds. The van der Waals surface area contributed by atoms with Crippen LogP contribution in [0.5, 0.6) is 0 Å². The zero-order valence-corrected chi connectivity index (χ0v) is 9.75. The summed E-state index contributed by atoms with van der Waals surface area (Å²) in [6, 6.07) is 6.58. The third-order valence-electron chi connectivity index (χ3n) is 2.78. The molecule has 0 saturated heterocycles. The zero-order valence-electron chi connectivity index (χ0n) is 9.75. The van der Waals surface area contributed by atoms with Gasteiger partial charge in [0.15, 0.2) is 0 Å². The van der Waals surface area contributed by atoms with Gasteiger partial charge in [-0.15, -0.1) is 0 Å². The Hall–Kier alpha value is -1.61. The molecule has 84 valence electrons. The van der Waals surface area contributed by atoms with Crippen LogP contribution in [0.2, 0.25) is 0 Å². The molecular weight excluding hydrogens is 198 g/mol. The highest BCUT2D eigenvalue weighted by Gasteiger charge is 1.97. The molecule has 1 aromatic carbocycles. The summed E-state index contributed by atoms with van der Waals surface area (Å²) in [4.78, 5) is 0. The van der Waals surface area contributed by atoms with E-state index in [1.807, 2.05) is 12.4 Å². The van der Waals surface area contributed by atoms with Gasteiger partial charge in [0.2, 0.25) is 0 Å². The average molecular weight is 215 g/mol. The van der Waals surface area contributed by atoms with Gasteiger partial charge in [-0.3, -0.25) is 5.10 Å². The Labute approximate surface area is 95.9 Å². The van der Waals surface area contributed by atoms with Crippen molar-refractivity contribution in [2.45, 2.75) is 26.9 Å². The second-order valence-corrected chi connectivity index (χ2v) is 4.13. The molecule has 1 heterocycles. The van der Waals surface area contributed by atoms with E-state index in [0.717, 1.165) is 13.1 Å². The van der Waals surface area contributed by atoms with Gasteiger partial charge in [-0.25, -0.2) is 0 Å². The number of benzene rings is 1. The highest BCUT2D eigenvalue weighted by Crippen LogP contribution is 2.09. The molecule has 0 saturated carbocycles. The number of H-pyrrole nitrogens is 1. The quantitative estimate of drug-likeness (QED) is 0.821. The fourth-order valence-corrected chi connectivity index (χ4v) is 1.64. The Morgan fingerprint density at radius 1 is 1.12 bits per heavy atom. The fraction of sp³-hybridized carbons (Fsp3) is 0.308. The van der Waals surface area contributed by atoms with E-state index in [-0.39, 0.29) is 0 Å². The predicted octanol–water partition coefficient (Wildman–Crippen LogP) is 2.32. The van der Waals surface area contributed by atoms with E-state index in [4.69, 9.17) is 0 Å². The number of rotatable bonds is 4. The summed E-state index contributed by atoms with van der Waals surface area (Å²) in [5.41, 5.74) is 5.21. The lowest BCUT2D eigenvalue weighted by Crippen LogP contribution is -2.12. The molecule has 0 atom stereocenters. The van der Waals surface area contributed by atoms with Crippen molar-refractivity contribution < 1.29 is 0 Å². The summed E-state index contributed by atoms with van der Waals surface area (Å²) < 4.78 is 0. The van der Waals surface area contributed by atoms with Crippen molar-refractivity contribution in [3.63, 3.8) is 0 Å². The Bertz CT molecular complexity index is 446. The first-order valence-corrected chi connectivity index (χ1v) is 5.50. The molecule has 3 nitrogen and oxygen atoms in total. The van der Waals surface area contributed by atoms with Gasteiger partial charge >= 0.3 is 0 Å².